The second-order valence-corrected chi connectivity index (χ2v) is 10.8. The molecule has 5 heteroatoms. The molecule has 0 atom stereocenters. The van der Waals surface area contributed by atoms with E-state index in [4.69, 9.17) is 4.99 Å². The van der Waals surface area contributed by atoms with E-state index in [1.54, 1.807) is 0 Å². The van der Waals surface area contributed by atoms with Gasteiger partial charge in [-0.3, -0.25) is 0 Å². The van der Waals surface area contributed by atoms with Gasteiger partial charge in [-0.15, -0.1) is 11.9 Å². The van der Waals surface area contributed by atoms with Gasteiger partial charge in [-0.25, -0.2) is 4.99 Å². The van der Waals surface area contributed by atoms with Gasteiger partial charge in [0.1, 0.15) is 0 Å². The fourth-order valence-electron chi connectivity index (χ4n) is 6.12. The summed E-state index contributed by atoms with van der Waals surface area (Å²) in [6.45, 7) is 13.0. The minimum Gasteiger partial charge on any atom is -0.477 e. The molecule has 0 unspecified atom stereocenters. The number of allylic oxidation sites excluding steroid dienone is 4. The Morgan fingerprint density at radius 1 is 0.683 bits per heavy atom. The quantitative estimate of drug-likeness (QED) is 0.197. The van der Waals surface area contributed by atoms with Crippen molar-refractivity contribution in [3.8, 4) is 0 Å². The average molecular weight is 716 g/mol. The molecule has 6 rings (SSSR count). The fraction of sp³-hybridized carbons (Fsp3) is 0.167. The van der Waals surface area contributed by atoms with Gasteiger partial charge >= 0.3 is 21.1 Å². The summed E-state index contributed by atoms with van der Waals surface area (Å²) in [5.74, 6) is 0. The Hall–Kier alpha value is -4.01. The van der Waals surface area contributed by atoms with Crippen LogP contribution < -0.4 is 0 Å². The molecule has 0 saturated carbocycles. The normalized spacial score (nSPS) is 16.3. The van der Waals surface area contributed by atoms with E-state index < -0.39 is 0 Å². The van der Waals surface area contributed by atoms with E-state index in [0.29, 0.717) is 0 Å². The molecule has 2 N–H and O–H groups in total. The smallest absolute Gasteiger partial charge is 0.477 e. The Balaban J connectivity index is 0.00000337. The molecular formula is C36H32N4Pt. The van der Waals surface area contributed by atoms with Crippen LogP contribution in [0.5, 0.6) is 0 Å². The molecule has 2 aliphatic heterocycles. The first-order valence-corrected chi connectivity index (χ1v) is 13.6. The summed E-state index contributed by atoms with van der Waals surface area (Å²) in [6.07, 6.45) is 14.2. The van der Waals surface area contributed by atoms with Gasteiger partial charge in [-0.1, -0.05) is 47.3 Å². The predicted octanol–water partition coefficient (Wildman–Crippen LogP) is 8.09. The summed E-state index contributed by atoms with van der Waals surface area (Å²) in [4.78, 5) is 16.7. The maximum atomic E-state index is 5.14. The molecule has 41 heavy (non-hydrogen) atoms. The molecule has 4 nitrogen and oxygen atoms in total. The summed E-state index contributed by atoms with van der Waals surface area (Å²) >= 11 is 0. The minimum atomic E-state index is 0. The molecule has 2 aromatic heterocycles. The monoisotopic (exact) mass is 715 g/mol. The number of nitrogens with one attached hydrogen (secondary N) is 2. The van der Waals surface area contributed by atoms with Gasteiger partial charge in [0.25, 0.3) is 0 Å². The third kappa shape index (κ3) is 5.37. The van der Waals surface area contributed by atoms with Crippen molar-refractivity contribution >= 4 is 23.1 Å². The number of hydrogen-bond donors (Lipinski definition) is 2. The first-order valence-electron chi connectivity index (χ1n) is 13.6. The number of nitrogens with zero attached hydrogens (tertiary/aromatic N) is 2. The molecule has 4 heterocycles. The zero-order chi connectivity index (χ0) is 28.0. The van der Waals surface area contributed by atoms with Crippen molar-refractivity contribution in [2.75, 3.05) is 0 Å². The van der Waals surface area contributed by atoms with E-state index in [2.05, 4.69) is 124 Å². The summed E-state index contributed by atoms with van der Waals surface area (Å²) in [5.41, 5.74) is 17.7. The Bertz CT molecular complexity index is 1780. The molecule has 0 fully saturated rings. The number of aliphatic imine (C=N–C) groups is 2. The third-order valence-electron chi connectivity index (χ3n) is 7.55. The molecule has 4 aromatic rings. The van der Waals surface area contributed by atoms with Crippen molar-refractivity contribution in [3.05, 3.63) is 152 Å². The molecular weight excluding hydrogens is 684 g/mol. The van der Waals surface area contributed by atoms with Crippen LogP contribution in [0.25, 0.3) is 11.1 Å². The van der Waals surface area contributed by atoms with Crippen LogP contribution in [-0.4, -0.2) is 21.9 Å². The van der Waals surface area contributed by atoms with Gasteiger partial charge in [0.15, 0.2) is 0 Å². The molecule has 0 amide bonds. The Morgan fingerprint density at radius 2 is 1.29 bits per heavy atom. The van der Waals surface area contributed by atoms with Gasteiger partial charge in [-0.2, -0.15) is 24.3 Å². The van der Waals surface area contributed by atoms with Crippen LogP contribution in [0.1, 0.15) is 61.6 Å². The maximum Gasteiger partial charge on any atom is 2.00 e. The van der Waals surface area contributed by atoms with E-state index in [1.165, 1.54) is 44.5 Å². The van der Waals surface area contributed by atoms with E-state index >= 15 is 0 Å². The molecule has 0 aliphatic carbocycles. The number of H-pyrrole nitrogens is 2. The third-order valence-corrected chi connectivity index (χ3v) is 7.55. The second kappa shape index (κ2) is 11.5. The van der Waals surface area contributed by atoms with Crippen LogP contribution in [-0.2, 0) is 21.1 Å². The van der Waals surface area contributed by atoms with E-state index in [1.807, 2.05) is 18.2 Å². The zero-order valence-corrected chi connectivity index (χ0v) is 26.4. The first-order chi connectivity index (χ1) is 19.3. The molecule has 2 aliphatic rings. The van der Waals surface area contributed by atoms with Crippen molar-refractivity contribution in [2.45, 2.75) is 41.5 Å². The zero-order valence-electron chi connectivity index (χ0n) is 24.1. The summed E-state index contributed by atoms with van der Waals surface area (Å²) in [6, 6.07) is 17.1. The molecule has 206 valence electrons. The predicted molar refractivity (Wildman–Crippen MR) is 166 cm³/mol. The van der Waals surface area contributed by atoms with E-state index in [0.717, 1.165) is 45.3 Å². The van der Waals surface area contributed by atoms with Crippen molar-refractivity contribution in [1.82, 2.24) is 9.97 Å². The average Bonchev–Trinajstić information content (AvgIpc) is 3.72. The van der Waals surface area contributed by atoms with E-state index in [9.17, 15) is 0 Å². The molecule has 0 bridgehead atoms. The minimum absolute atomic E-state index is 0. The standard InChI is InChI=1S/C36H32N4.Pt/c1-21-17-23(3)33(24(4)18-21)35(29-9-7-15-37-29)31-13-11-27(39-31)28-12-14-32(40-28)36(30-10-8-16-38-30)34-25(5)19-22(2)20-26(34)6;/h7-14,17-20,37,40H,1-6H3;/q-2;+2/b35-31+,36-30+;. The number of aromatic amines is 2. The Kier molecular flexibility index (Phi) is 7.97. The fourth-order valence-corrected chi connectivity index (χ4v) is 6.12. The van der Waals surface area contributed by atoms with Crippen molar-refractivity contribution in [3.63, 3.8) is 0 Å². The van der Waals surface area contributed by atoms with E-state index in [-0.39, 0.29) is 21.1 Å². The van der Waals surface area contributed by atoms with Crippen molar-refractivity contribution in [1.29, 1.82) is 0 Å². The largest absolute Gasteiger partial charge is 2.00 e. The SMILES string of the molecule is Cc1cc(C)c(/C(=C2\C=CC(c3ccc(/C(=C4/C=C[C-]=N4)c4c(C)cc(C)cc4C)[nH]3)=N2)c2cc[c-][nH]2)c(C)c1.[Pt+2]. The van der Waals surface area contributed by atoms with Gasteiger partial charge < -0.3 is 15.0 Å². The summed E-state index contributed by atoms with van der Waals surface area (Å²) in [7, 11) is 0. The van der Waals surface area contributed by atoms with Gasteiger partial charge in [0, 0.05) is 5.69 Å². The van der Waals surface area contributed by atoms with Crippen LogP contribution in [0.2, 0.25) is 0 Å². The molecule has 0 radical (unpaired) electrons. The van der Waals surface area contributed by atoms with Crippen LogP contribution in [0.15, 0.2) is 94.2 Å². The topological polar surface area (TPSA) is 56.3 Å². The van der Waals surface area contributed by atoms with Crippen LogP contribution in [0, 0.1) is 47.7 Å². The van der Waals surface area contributed by atoms with Gasteiger partial charge in [0.05, 0.1) is 17.1 Å². The first kappa shape index (κ1) is 28.5. The Morgan fingerprint density at radius 3 is 1.83 bits per heavy atom. The number of hydrogen-bond acceptors (Lipinski definition) is 2. The molecule has 2 aromatic carbocycles. The van der Waals surface area contributed by atoms with Gasteiger partial charge in [0.2, 0.25) is 0 Å². The number of benzene rings is 2. The summed E-state index contributed by atoms with van der Waals surface area (Å²) < 4.78 is 0. The molecule has 0 spiro atoms. The van der Waals surface area contributed by atoms with Crippen LogP contribution in [0.4, 0.5) is 0 Å². The van der Waals surface area contributed by atoms with Crippen LogP contribution in [0.3, 0.4) is 0 Å². The van der Waals surface area contributed by atoms with Crippen molar-refractivity contribution < 1.29 is 21.1 Å². The molecule has 0 saturated heterocycles. The second-order valence-electron chi connectivity index (χ2n) is 10.8. The Labute approximate surface area is 256 Å². The maximum absolute atomic E-state index is 5.14. The number of rotatable bonds is 5. The summed E-state index contributed by atoms with van der Waals surface area (Å²) in [5, 5.41) is 0. The van der Waals surface area contributed by atoms with Crippen LogP contribution >= 0.6 is 0 Å². The number of aryl methyl sites for hydroxylation is 6. The van der Waals surface area contributed by atoms with Gasteiger partial charge in [-0.05, 0) is 110 Å². The number of aromatic nitrogens is 2. The van der Waals surface area contributed by atoms with Crippen molar-refractivity contribution in [2.24, 2.45) is 9.98 Å².